The molecule has 0 amide bonds. The summed E-state index contributed by atoms with van der Waals surface area (Å²) in [6, 6.07) is 8.82. The first kappa shape index (κ1) is 13.0. The molecule has 1 aliphatic carbocycles. The van der Waals surface area contributed by atoms with E-state index in [2.05, 4.69) is 49.9 Å². The van der Waals surface area contributed by atoms with Crippen LogP contribution >= 0.6 is 11.8 Å². The molecule has 2 atom stereocenters. The largest absolute Gasteiger partial charge is 0.323 e. The van der Waals surface area contributed by atoms with Gasteiger partial charge in [0.15, 0.2) is 0 Å². The average Bonchev–Trinajstić information content (AvgIpc) is 2.82. The van der Waals surface area contributed by atoms with Gasteiger partial charge in [-0.2, -0.15) is 11.8 Å². The highest BCUT2D eigenvalue weighted by Gasteiger charge is 2.22. The van der Waals surface area contributed by atoms with Crippen molar-refractivity contribution in [2.75, 3.05) is 0 Å². The number of thioether (sulfide) groups is 1. The van der Waals surface area contributed by atoms with Crippen LogP contribution in [0, 0.1) is 6.92 Å². The van der Waals surface area contributed by atoms with Gasteiger partial charge < -0.3 is 5.73 Å². The number of aryl methyl sites for hydroxylation is 1. The van der Waals surface area contributed by atoms with Gasteiger partial charge in [0.1, 0.15) is 0 Å². The molecule has 1 aromatic carbocycles. The zero-order chi connectivity index (χ0) is 12.3. The van der Waals surface area contributed by atoms with E-state index in [1.54, 1.807) is 0 Å². The third-order valence-electron chi connectivity index (χ3n) is 3.68. The van der Waals surface area contributed by atoms with Gasteiger partial charge in [-0.1, -0.05) is 49.6 Å². The first-order chi connectivity index (χ1) is 8.16. The summed E-state index contributed by atoms with van der Waals surface area (Å²) in [5, 5.41) is 1.36. The lowest BCUT2D eigenvalue weighted by Gasteiger charge is -2.23. The van der Waals surface area contributed by atoms with E-state index in [-0.39, 0.29) is 6.04 Å². The monoisotopic (exact) mass is 249 g/mol. The molecule has 0 heterocycles. The molecule has 0 spiro atoms. The molecule has 94 valence electrons. The lowest BCUT2D eigenvalue weighted by atomic mass is 10.0. The van der Waals surface area contributed by atoms with Crippen molar-refractivity contribution >= 4 is 11.8 Å². The maximum Gasteiger partial charge on any atom is 0.0412 e. The molecule has 17 heavy (non-hydrogen) atoms. The molecule has 0 bridgehead atoms. The van der Waals surface area contributed by atoms with Gasteiger partial charge in [-0.15, -0.1) is 0 Å². The van der Waals surface area contributed by atoms with Gasteiger partial charge in [0, 0.05) is 16.5 Å². The van der Waals surface area contributed by atoms with Gasteiger partial charge in [-0.25, -0.2) is 0 Å². The number of nitrogens with two attached hydrogens (primary N) is 1. The van der Waals surface area contributed by atoms with Crippen LogP contribution in [0.4, 0.5) is 0 Å². The average molecular weight is 249 g/mol. The van der Waals surface area contributed by atoms with Crippen LogP contribution in [0.3, 0.4) is 0 Å². The first-order valence-electron chi connectivity index (χ1n) is 6.64. The minimum Gasteiger partial charge on any atom is -0.323 e. The molecule has 0 saturated heterocycles. The van der Waals surface area contributed by atoms with E-state index in [4.69, 9.17) is 5.73 Å². The van der Waals surface area contributed by atoms with Crippen LogP contribution in [0.2, 0.25) is 0 Å². The lowest BCUT2D eigenvalue weighted by Crippen LogP contribution is -2.22. The number of benzene rings is 1. The van der Waals surface area contributed by atoms with Gasteiger partial charge in [-0.3, -0.25) is 0 Å². The fourth-order valence-corrected chi connectivity index (χ4v) is 4.01. The van der Waals surface area contributed by atoms with E-state index in [0.717, 1.165) is 5.25 Å². The quantitative estimate of drug-likeness (QED) is 0.871. The van der Waals surface area contributed by atoms with Crippen molar-refractivity contribution in [1.82, 2.24) is 0 Å². The molecular formula is C15H23NS. The van der Waals surface area contributed by atoms with E-state index in [1.165, 1.54) is 36.8 Å². The number of rotatable bonds is 4. The summed E-state index contributed by atoms with van der Waals surface area (Å²) >= 11 is 2.09. The maximum absolute atomic E-state index is 6.35. The Morgan fingerprint density at radius 3 is 2.35 bits per heavy atom. The van der Waals surface area contributed by atoms with Gasteiger partial charge in [0.2, 0.25) is 0 Å². The van der Waals surface area contributed by atoms with Gasteiger partial charge in [0.25, 0.3) is 0 Å². The number of hydrogen-bond donors (Lipinski definition) is 1. The highest BCUT2D eigenvalue weighted by Crippen LogP contribution is 2.35. The van der Waals surface area contributed by atoms with Gasteiger partial charge >= 0.3 is 0 Å². The van der Waals surface area contributed by atoms with Crippen LogP contribution in [0.25, 0.3) is 0 Å². The highest BCUT2D eigenvalue weighted by atomic mass is 32.2. The molecule has 0 radical (unpaired) electrons. The van der Waals surface area contributed by atoms with Crippen LogP contribution in [-0.2, 0) is 0 Å². The van der Waals surface area contributed by atoms with Crippen LogP contribution < -0.4 is 5.73 Å². The fraction of sp³-hybridized carbons (Fsp3) is 0.600. The molecule has 1 fully saturated rings. The topological polar surface area (TPSA) is 26.0 Å². The first-order valence-corrected chi connectivity index (χ1v) is 7.58. The summed E-state index contributed by atoms with van der Waals surface area (Å²) in [5.74, 6) is 0. The van der Waals surface area contributed by atoms with Gasteiger partial charge in [0.05, 0.1) is 0 Å². The maximum atomic E-state index is 6.35. The molecule has 1 aromatic rings. The SMILES string of the molecule is Cc1ccc(C(N)C(C)SC2CCCC2)cc1. The Kier molecular flexibility index (Phi) is 4.52. The predicted molar refractivity (Wildman–Crippen MR) is 77.4 cm³/mol. The molecular weight excluding hydrogens is 226 g/mol. The Morgan fingerprint density at radius 1 is 1.18 bits per heavy atom. The second kappa shape index (κ2) is 5.92. The summed E-state index contributed by atoms with van der Waals surface area (Å²) in [4.78, 5) is 0. The summed E-state index contributed by atoms with van der Waals surface area (Å²) in [5.41, 5.74) is 8.92. The predicted octanol–water partition coefficient (Wildman–Crippen LogP) is 4.06. The molecule has 2 heteroatoms. The van der Waals surface area contributed by atoms with Crippen molar-refractivity contribution in [3.8, 4) is 0 Å². The Bertz CT molecular complexity index is 340. The highest BCUT2D eigenvalue weighted by molar-refractivity contribution is 8.00. The van der Waals surface area contributed by atoms with E-state index >= 15 is 0 Å². The molecule has 2 unspecified atom stereocenters. The van der Waals surface area contributed by atoms with E-state index < -0.39 is 0 Å². The standard InChI is InChI=1S/C15H23NS/c1-11-7-9-13(10-8-11)15(16)12(2)17-14-5-3-4-6-14/h7-10,12,14-15H,3-6,16H2,1-2H3. The van der Waals surface area contributed by atoms with Crippen LogP contribution in [0.1, 0.15) is 49.8 Å². The molecule has 0 aromatic heterocycles. The minimum absolute atomic E-state index is 0.168. The van der Waals surface area contributed by atoms with Gasteiger partial charge in [-0.05, 0) is 25.3 Å². The Labute approximate surface area is 109 Å². The summed E-state index contributed by atoms with van der Waals surface area (Å²) in [6.45, 7) is 4.39. The summed E-state index contributed by atoms with van der Waals surface area (Å²) in [7, 11) is 0. The molecule has 2 rings (SSSR count). The second-order valence-electron chi connectivity index (χ2n) is 5.18. The zero-order valence-corrected chi connectivity index (χ0v) is 11.7. The molecule has 1 nitrogen and oxygen atoms in total. The second-order valence-corrected chi connectivity index (χ2v) is 6.87. The van der Waals surface area contributed by atoms with Crippen molar-refractivity contribution in [2.24, 2.45) is 5.73 Å². The molecule has 1 aliphatic rings. The van der Waals surface area contributed by atoms with Crippen LogP contribution in [0.15, 0.2) is 24.3 Å². The van der Waals surface area contributed by atoms with Crippen LogP contribution in [-0.4, -0.2) is 10.5 Å². The Balaban J connectivity index is 1.93. The third-order valence-corrected chi connectivity index (χ3v) is 5.26. The van der Waals surface area contributed by atoms with Crippen molar-refractivity contribution in [3.05, 3.63) is 35.4 Å². The Morgan fingerprint density at radius 2 is 1.76 bits per heavy atom. The van der Waals surface area contributed by atoms with Crippen molar-refractivity contribution < 1.29 is 0 Å². The van der Waals surface area contributed by atoms with E-state index in [1.807, 2.05) is 0 Å². The number of hydrogen-bond acceptors (Lipinski definition) is 2. The molecule has 0 aliphatic heterocycles. The van der Waals surface area contributed by atoms with E-state index in [0.29, 0.717) is 5.25 Å². The van der Waals surface area contributed by atoms with Crippen molar-refractivity contribution in [2.45, 2.75) is 56.1 Å². The molecule has 2 N–H and O–H groups in total. The fourth-order valence-electron chi connectivity index (χ4n) is 2.47. The Hall–Kier alpha value is -0.470. The zero-order valence-electron chi connectivity index (χ0n) is 10.9. The van der Waals surface area contributed by atoms with Crippen LogP contribution in [0.5, 0.6) is 0 Å². The van der Waals surface area contributed by atoms with Crippen molar-refractivity contribution in [3.63, 3.8) is 0 Å². The molecule has 1 saturated carbocycles. The lowest BCUT2D eigenvalue weighted by molar-refractivity contribution is 0.708. The van der Waals surface area contributed by atoms with E-state index in [9.17, 15) is 0 Å². The smallest absolute Gasteiger partial charge is 0.0412 e. The summed E-state index contributed by atoms with van der Waals surface area (Å²) in [6.07, 6.45) is 5.58. The normalized spacial score (nSPS) is 20.4. The van der Waals surface area contributed by atoms with Crippen molar-refractivity contribution in [1.29, 1.82) is 0 Å². The minimum atomic E-state index is 0.168. The summed E-state index contributed by atoms with van der Waals surface area (Å²) < 4.78 is 0. The third kappa shape index (κ3) is 3.49.